The van der Waals surface area contributed by atoms with E-state index in [-0.39, 0.29) is 12.5 Å². The van der Waals surface area contributed by atoms with E-state index in [0.29, 0.717) is 10.8 Å². The van der Waals surface area contributed by atoms with Gasteiger partial charge in [0.05, 0.1) is 12.1 Å². The van der Waals surface area contributed by atoms with Gasteiger partial charge in [-0.15, -0.1) is 0 Å². The lowest BCUT2D eigenvalue weighted by atomic mass is 10.2. The summed E-state index contributed by atoms with van der Waals surface area (Å²) in [6.45, 7) is 2.87. The summed E-state index contributed by atoms with van der Waals surface area (Å²) in [5.41, 5.74) is 0.941. The van der Waals surface area contributed by atoms with E-state index in [9.17, 15) is 0 Å². The first-order chi connectivity index (χ1) is 7.17. The van der Waals surface area contributed by atoms with Crippen molar-refractivity contribution in [3.05, 3.63) is 23.2 Å². The zero-order chi connectivity index (χ0) is 11.3. The average molecular weight is 230 g/mol. The van der Waals surface area contributed by atoms with Crippen molar-refractivity contribution < 1.29 is 9.84 Å². The fourth-order valence-corrected chi connectivity index (χ4v) is 1.32. The molecular weight excluding hydrogens is 214 g/mol. The molecule has 1 rings (SSSR count). The lowest BCUT2D eigenvalue weighted by Gasteiger charge is -2.12. The number of anilines is 1. The fraction of sp³-hybridized carbons (Fsp3) is 0.455. The Hall–Kier alpha value is -0.930. The molecule has 0 saturated heterocycles. The molecule has 0 bridgehead atoms. The van der Waals surface area contributed by atoms with Crippen LogP contribution in [0.1, 0.15) is 6.92 Å². The first kappa shape index (κ1) is 12.1. The number of nitrogens with one attached hydrogen (secondary N) is 1. The highest BCUT2D eigenvalue weighted by Gasteiger charge is 2.03. The minimum Gasteiger partial charge on any atom is -0.495 e. The second-order valence-corrected chi connectivity index (χ2v) is 3.93. The molecule has 2 N–H and O–H groups in total. The Morgan fingerprint density at radius 1 is 1.53 bits per heavy atom. The molecule has 3 nitrogen and oxygen atoms in total. The van der Waals surface area contributed by atoms with Crippen LogP contribution in [0.15, 0.2) is 18.2 Å². The van der Waals surface area contributed by atoms with Gasteiger partial charge in [0.1, 0.15) is 5.75 Å². The summed E-state index contributed by atoms with van der Waals surface area (Å²) < 4.78 is 5.10. The lowest BCUT2D eigenvalue weighted by Crippen LogP contribution is -2.14. The molecule has 84 valence electrons. The molecule has 0 heterocycles. The third-order valence-corrected chi connectivity index (χ3v) is 2.43. The zero-order valence-electron chi connectivity index (χ0n) is 8.96. The molecule has 1 aromatic carbocycles. The van der Waals surface area contributed by atoms with Crippen molar-refractivity contribution in [3.8, 4) is 5.75 Å². The highest BCUT2D eigenvalue weighted by atomic mass is 35.5. The van der Waals surface area contributed by atoms with Crippen molar-refractivity contribution in [3.63, 3.8) is 0 Å². The van der Waals surface area contributed by atoms with Crippen molar-refractivity contribution >= 4 is 17.3 Å². The van der Waals surface area contributed by atoms with Crippen LogP contribution in [0.25, 0.3) is 0 Å². The molecule has 0 saturated carbocycles. The normalized spacial score (nSPS) is 12.3. The SMILES string of the molecule is COc1cc(NCC(C)CO)ccc1Cl. The second kappa shape index (κ2) is 5.83. The first-order valence-electron chi connectivity index (χ1n) is 4.85. The van der Waals surface area contributed by atoms with E-state index in [2.05, 4.69) is 5.32 Å². The quantitative estimate of drug-likeness (QED) is 0.815. The second-order valence-electron chi connectivity index (χ2n) is 3.52. The maximum atomic E-state index is 8.87. The molecule has 1 unspecified atom stereocenters. The summed E-state index contributed by atoms with van der Waals surface area (Å²) in [4.78, 5) is 0. The van der Waals surface area contributed by atoms with Gasteiger partial charge in [0.15, 0.2) is 0 Å². The summed E-state index contributed by atoms with van der Waals surface area (Å²) in [5, 5.41) is 12.7. The number of aliphatic hydroxyl groups excluding tert-OH is 1. The molecule has 0 radical (unpaired) electrons. The van der Waals surface area contributed by atoms with Crippen LogP contribution in [0.2, 0.25) is 5.02 Å². The molecule has 0 amide bonds. The van der Waals surface area contributed by atoms with Crippen LogP contribution < -0.4 is 10.1 Å². The van der Waals surface area contributed by atoms with Gasteiger partial charge in [-0.3, -0.25) is 0 Å². The van der Waals surface area contributed by atoms with Crippen LogP contribution in [0.3, 0.4) is 0 Å². The number of benzene rings is 1. The topological polar surface area (TPSA) is 41.5 Å². The van der Waals surface area contributed by atoms with E-state index in [1.54, 1.807) is 13.2 Å². The highest BCUT2D eigenvalue weighted by molar-refractivity contribution is 6.32. The Morgan fingerprint density at radius 3 is 2.87 bits per heavy atom. The summed E-state index contributed by atoms with van der Waals surface area (Å²) in [5.74, 6) is 0.880. The summed E-state index contributed by atoms with van der Waals surface area (Å²) in [6.07, 6.45) is 0. The van der Waals surface area contributed by atoms with Crippen molar-refractivity contribution in [2.45, 2.75) is 6.92 Å². The van der Waals surface area contributed by atoms with Gasteiger partial charge in [-0.05, 0) is 18.1 Å². The standard InChI is InChI=1S/C11H16ClNO2/c1-8(7-14)6-13-9-3-4-10(12)11(5-9)15-2/h3-5,8,13-14H,6-7H2,1-2H3. The predicted molar refractivity (Wildman–Crippen MR) is 62.7 cm³/mol. The average Bonchev–Trinajstić information content (AvgIpc) is 2.27. The molecular formula is C11H16ClNO2. The fourth-order valence-electron chi connectivity index (χ4n) is 1.13. The van der Waals surface area contributed by atoms with E-state index in [1.165, 1.54) is 0 Å². The smallest absolute Gasteiger partial charge is 0.139 e. The molecule has 4 heteroatoms. The molecule has 1 aromatic rings. The molecule has 0 spiro atoms. The van der Waals surface area contributed by atoms with Gasteiger partial charge in [0.2, 0.25) is 0 Å². The molecule has 0 fully saturated rings. The van der Waals surface area contributed by atoms with Crippen LogP contribution in [-0.4, -0.2) is 25.4 Å². The summed E-state index contributed by atoms with van der Waals surface area (Å²) in [7, 11) is 1.58. The molecule has 0 aliphatic carbocycles. The lowest BCUT2D eigenvalue weighted by molar-refractivity contribution is 0.244. The van der Waals surface area contributed by atoms with Crippen molar-refractivity contribution in [1.29, 1.82) is 0 Å². The molecule has 0 aliphatic heterocycles. The van der Waals surface area contributed by atoms with Gasteiger partial charge >= 0.3 is 0 Å². The Morgan fingerprint density at radius 2 is 2.27 bits per heavy atom. The maximum absolute atomic E-state index is 8.87. The van der Waals surface area contributed by atoms with Gasteiger partial charge in [-0.2, -0.15) is 0 Å². The molecule has 0 aromatic heterocycles. The number of hydrogen-bond donors (Lipinski definition) is 2. The Balaban J connectivity index is 2.62. The Labute approximate surface area is 95.0 Å². The third-order valence-electron chi connectivity index (χ3n) is 2.12. The van der Waals surface area contributed by atoms with Crippen LogP contribution >= 0.6 is 11.6 Å². The number of methoxy groups -OCH3 is 1. The van der Waals surface area contributed by atoms with Crippen LogP contribution in [0.5, 0.6) is 5.75 Å². The van der Waals surface area contributed by atoms with Gasteiger partial charge < -0.3 is 15.2 Å². The van der Waals surface area contributed by atoms with Gasteiger partial charge in [0.25, 0.3) is 0 Å². The van der Waals surface area contributed by atoms with E-state index in [4.69, 9.17) is 21.4 Å². The largest absolute Gasteiger partial charge is 0.495 e. The number of rotatable bonds is 5. The van der Waals surface area contributed by atoms with E-state index < -0.39 is 0 Å². The zero-order valence-corrected chi connectivity index (χ0v) is 9.71. The van der Waals surface area contributed by atoms with E-state index >= 15 is 0 Å². The van der Waals surface area contributed by atoms with Crippen LogP contribution in [0.4, 0.5) is 5.69 Å². The minimum atomic E-state index is 0.178. The van der Waals surface area contributed by atoms with Gasteiger partial charge in [0, 0.05) is 24.9 Å². The number of halogens is 1. The molecule has 0 aliphatic rings. The van der Waals surface area contributed by atoms with Crippen LogP contribution in [-0.2, 0) is 0 Å². The number of aliphatic hydroxyl groups is 1. The van der Waals surface area contributed by atoms with E-state index in [0.717, 1.165) is 12.2 Å². The third kappa shape index (κ3) is 3.61. The maximum Gasteiger partial charge on any atom is 0.139 e. The van der Waals surface area contributed by atoms with Gasteiger partial charge in [-0.25, -0.2) is 0 Å². The number of hydrogen-bond acceptors (Lipinski definition) is 3. The minimum absolute atomic E-state index is 0.178. The first-order valence-corrected chi connectivity index (χ1v) is 5.23. The van der Waals surface area contributed by atoms with Crippen molar-refractivity contribution in [1.82, 2.24) is 0 Å². The highest BCUT2D eigenvalue weighted by Crippen LogP contribution is 2.27. The summed E-state index contributed by atoms with van der Waals surface area (Å²) in [6, 6.07) is 5.51. The number of ether oxygens (including phenoxy) is 1. The van der Waals surface area contributed by atoms with Crippen molar-refractivity contribution in [2.24, 2.45) is 5.92 Å². The molecule has 1 atom stereocenters. The van der Waals surface area contributed by atoms with Gasteiger partial charge in [-0.1, -0.05) is 18.5 Å². The summed E-state index contributed by atoms with van der Waals surface area (Å²) >= 11 is 5.89. The van der Waals surface area contributed by atoms with E-state index in [1.807, 2.05) is 19.1 Å². The van der Waals surface area contributed by atoms with Crippen molar-refractivity contribution in [2.75, 3.05) is 25.6 Å². The molecule has 15 heavy (non-hydrogen) atoms. The predicted octanol–water partition coefficient (Wildman–Crippen LogP) is 2.39. The Bertz CT molecular complexity index is 317. The van der Waals surface area contributed by atoms with Crippen LogP contribution in [0, 0.1) is 5.92 Å². The monoisotopic (exact) mass is 229 g/mol. The Kier molecular flexibility index (Phi) is 4.72.